The lowest BCUT2D eigenvalue weighted by Crippen LogP contribution is -2.29. The van der Waals surface area contributed by atoms with Gasteiger partial charge in [0, 0.05) is 6.54 Å². The smallest absolute Gasteiger partial charge is 0.291 e. The maximum atomic E-state index is 14.0. The summed E-state index contributed by atoms with van der Waals surface area (Å²) in [6.45, 7) is 3.10. The SMILES string of the molecule is CCCCCOc1ccc(C2c3c(oc4ccc(F)cc4c3=O)C(=O)N2Cc2ccc3c(c2)OCO3)cc1. The van der Waals surface area contributed by atoms with Gasteiger partial charge in [-0.2, -0.15) is 0 Å². The van der Waals surface area contributed by atoms with Crippen molar-refractivity contribution in [3.63, 3.8) is 0 Å². The summed E-state index contributed by atoms with van der Waals surface area (Å²) in [7, 11) is 0. The Morgan fingerprint density at radius 1 is 0.974 bits per heavy atom. The summed E-state index contributed by atoms with van der Waals surface area (Å²) in [6, 6.07) is 15.9. The number of halogens is 1. The molecule has 1 aromatic heterocycles. The van der Waals surface area contributed by atoms with Crippen LogP contribution in [0.1, 0.15) is 59.5 Å². The zero-order chi connectivity index (χ0) is 26.2. The monoisotopic (exact) mass is 515 g/mol. The van der Waals surface area contributed by atoms with Crippen LogP contribution in [0, 0.1) is 5.82 Å². The predicted octanol–water partition coefficient (Wildman–Crippen LogP) is 5.98. The van der Waals surface area contributed by atoms with Gasteiger partial charge in [0.2, 0.25) is 12.6 Å². The minimum absolute atomic E-state index is 0.0280. The first-order valence-electron chi connectivity index (χ1n) is 12.7. The van der Waals surface area contributed by atoms with Gasteiger partial charge >= 0.3 is 0 Å². The summed E-state index contributed by atoms with van der Waals surface area (Å²) in [4.78, 5) is 28.9. The van der Waals surface area contributed by atoms with Crippen molar-refractivity contribution >= 4 is 16.9 Å². The summed E-state index contributed by atoms with van der Waals surface area (Å²) >= 11 is 0. The fourth-order valence-corrected chi connectivity index (χ4v) is 5.03. The van der Waals surface area contributed by atoms with Crippen LogP contribution in [0.2, 0.25) is 0 Å². The molecule has 0 bridgehead atoms. The van der Waals surface area contributed by atoms with Gasteiger partial charge in [-0.15, -0.1) is 0 Å². The Morgan fingerprint density at radius 2 is 1.79 bits per heavy atom. The summed E-state index contributed by atoms with van der Waals surface area (Å²) in [5.74, 6) is 0.964. The maximum absolute atomic E-state index is 14.0. The van der Waals surface area contributed by atoms with Gasteiger partial charge in [-0.25, -0.2) is 4.39 Å². The number of hydrogen-bond donors (Lipinski definition) is 0. The molecule has 8 heteroatoms. The van der Waals surface area contributed by atoms with Crippen molar-refractivity contribution < 1.29 is 27.8 Å². The number of carbonyl (C=O) groups excluding carboxylic acids is 1. The zero-order valence-corrected chi connectivity index (χ0v) is 20.9. The van der Waals surface area contributed by atoms with E-state index in [-0.39, 0.29) is 35.6 Å². The third kappa shape index (κ3) is 4.26. The van der Waals surface area contributed by atoms with Crippen molar-refractivity contribution in [2.45, 2.75) is 38.8 Å². The van der Waals surface area contributed by atoms with Crippen LogP contribution in [0.5, 0.6) is 17.2 Å². The number of benzene rings is 3. The molecule has 0 saturated carbocycles. The lowest BCUT2D eigenvalue weighted by atomic mass is 9.98. The van der Waals surface area contributed by atoms with Crippen LogP contribution < -0.4 is 19.6 Å². The molecule has 194 valence electrons. The lowest BCUT2D eigenvalue weighted by molar-refractivity contribution is 0.0714. The fraction of sp³-hybridized carbons (Fsp3) is 0.267. The second-order valence-electron chi connectivity index (χ2n) is 9.46. The summed E-state index contributed by atoms with van der Waals surface area (Å²) < 4.78 is 36.7. The topological polar surface area (TPSA) is 78.2 Å². The molecule has 0 fully saturated rings. The van der Waals surface area contributed by atoms with E-state index in [1.165, 1.54) is 12.1 Å². The van der Waals surface area contributed by atoms with Crippen LogP contribution >= 0.6 is 0 Å². The second kappa shape index (κ2) is 9.85. The fourth-order valence-electron chi connectivity index (χ4n) is 5.03. The molecule has 3 heterocycles. The highest BCUT2D eigenvalue weighted by Gasteiger charge is 2.43. The van der Waals surface area contributed by atoms with E-state index in [1.807, 2.05) is 36.4 Å². The van der Waals surface area contributed by atoms with Crippen molar-refractivity contribution in [3.05, 3.63) is 99.2 Å². The van der Waals surface area contributed by atoms with Gasteiger partial charge in [0.05, 0.1) is 23.6 Å². The highest BCUT2D eigenvalue weighted by atomic mass is 19.1. The maximum Gasteiger partial charge on any atom is 0.291 e. The molecule has 0 radical (unpaired) electrons. The normalized spacial score (nSPS) is 15.8. The first-order chi connectivity index (χ1) is 18.5. The van der Waals surface area contributed by atoms with Gasteiger partial charge in [-0.05, 0) is 60.0 Å². The molecule has 6 rings (SSSR count). The van der Waals surface area contributed by atoms with Gasteiger partial charge in [-0.1, -0.05) is 38.0 Å². The average molecular weight is 516 g/mol. The number of amides is 1. The van der Waals surface area contributed by atoms with Crippen molar-refractivity contribution in [2.24, 2.45) is 0 Å². The van der Waals surface area contributed by atoms with Gasteiger partial charge in [-0.3, -0.25) is 9.59 Å². The van der Waals surface area contributed by atoms with E-state index in [0.717, 1.165) is 36.5 Å². The first-order valence-corrected chi connectivity index (χ1v) is 12.7. The van der Waals surface area contributed by atoms with Crippen molar-refractivity contribution in [3.8, 4) is 17.2 Å². The number of fused-ring (bicyclic) bond motifs is 3. The number of unbranched alkanes of at least 4 members (excludes halogenated alkanes) is 2. The number of ether oxygens (including phenoxy) is 3. The third-order valence-corrected chi connectivity index (χ3v) is 6.93. The molecule has 2 aliphatic rings. The van der Waals surface area contributed by atoms with E-state index >= 15 is 0 Å². The standard InChI is InChI=1S/C30H26FNO6/c1-2-3-4-13-35-21-9-6-19(7-10-21)27-26-28(33)22-15-20(31)8-12-23(22)38-29(26)30(34)32(27)16-18-5-11-24-25(14-18)37-17-36-24/h5-12,14-15,27H,2-4,13,16-17H2,1H3. The Balaban J connectivity index is 1.41. The number of nitrogens with zero attached hydrogens (tertiary/aromatic N) is 1. The molecule has 7 nitrogen and oxygen atoms in total. The summed E-state index contributed by atoms with van der Waals surface area (Å²) in [5.41, 5.74) is 1.47. The van der Waals surface area contributed by atoms with Gasteiger partial charge in [0.1, 0.15) is 17.1 Å². The zero-order valence-electron chi connectivity index (χ0n) is 20.9. The quantitative estimate of drug-likeness (QED) is 0.269. The average Bonchev–Trinajstić information content (AvgIpc) is 3.50. The minimum Gasteiger partial charge on any atom is -0.494 e. The molecule has 0 spiro atoms. The van der Waals surface area contributed by atoms with E-state index in [2.05, 4.69) is 6.92 Å². The highest BCUT2D eigenvalue weighted by molar-refractivity contribution is 5.99. The van der Waals surface area contributed by atoms with Crippen LogP contribution in [0.3, 0.4) is 0 Å². The van der Waals surface area contributed by atoms with Crippen LogP contribution in [0.15, 0.2) is 69.9 Å². The number of hydrogen-bond acceptors (Lipinski definition) is 6. The third-order valence-electron chi connectivity index (χ3n) is 6.93. The number of carbonyl (C=O) groups is 1. The molecule has 0 N–H and O–H groups in total. The van der Waals surface area contributed by atoms with E-state index in [9.17, 15) is 14.0 Å². The van der Waals surface area contributed by atoms with E-state index in [0.29, 0.717) is 23.9 Å². The summed E-state index contributed by atoms with van der Waals surface area (Å²) in [5, 5.41) is 0.0994. The van der Waals surface area contributed by atoms with Crippen molar-refractivity contribution in [1.29, 1.82) is 0 Å². The van der Waals surface area contributed by atoms with Crippen molar-refractivity contribution in [1.82, 2.24) is 4.90 Å². The van der Waals surface area contributed by atoms with Crippen LogP contribution in [-0.4, -0.2) is 24.2 Å². The van der Waals surface area contributed by atoms with Crippen LogP contribution in [0.25, 0.3) is 11.0 Å². The first kappa shape index (κ1) is 24.0. The molecule has 1 unspecified atom stereocenters. The molecule has 2 aliphatic heterocycles. The minimum atomic E-state index is -0.721. The Hall–Kier alpha value is -4.33. The van der Waals surface area contributed by atoms with Gasteiger partial charge in [0.15, 0.2) is 16.9 Å². The molecular weight excluding hydrogens is 489 g/mol. The molecule has 1 amide bonds. The molecule has 3 aromatic carbocycles. The molecule has 0 aliphatic carbocycles. The lowest BCUT2D eigenvalue weighted by Gasteiger charge is -2.25. The molecule has 38 heavy (non-hydrogen) atoms. The van der Waals surface area contributed by atoms with Crippen LogP contribution in [0.4, 0.5) is 4.39 Å². The largest absolute Gasteiger partial charge is 0.494 e. The molecule has 4 aromatic rings. The number of rotatable bonds is 8. The Bertz CT molecular complexity index is 1580. The predicted molar refractivity (Wildman–Crippen MR) is 138 cm³/mol. The molecular formula is C30H26FNO6. The van der Waals surface area contributed by atoms with E-state index in [1.54, 1.807) is 11.0 Å². The molecule has 1 atom stereocenters. The summed E-state index contributed by atoms with van der Waals surface area (Å²) in [6.07, 6.45) is 3.17. The second-order valence-corrected chi connectivity index (χ2v) is 9.46. The highest BCUT2D eigenvalue weighted by Crippen LogP contribution is 2.41. The Kier molecular flexibility index (Phi) is 6.23. The Labute approximate surface area is 218 Å². The van der Waals surface area contributed by atoms with Crippen molar-refractivity contribution in [2.75, 3.05) is 13.4 Å². The van der Waals surface area contributed by atoms with E-state index in [4.69, 9.17) is 18.6 Å². The van der Waals surface area contributed by atoms with Gasteiger partial charge in [0.25, 0.3) is 5.91 Å². The van der Waals surface area contributed by atoms with Crippen LogP contribution in [-0.2, 0) is 6.54 Å². The Morgan fingerprint density at radius 3 is 2.61 bits per heavy atom. The van der Waals surface area contributed by atoms with E-state index < -0.39 is 23.2 Å². The molecule has 0 saturated heterocycles. The van der Waals surface area contributed by atoms with Gasteiger partial charge < -0.3 is 23.5 Å².